The number of thioether (sulfide) groups is 1. The molecule has 0 atom stereocenters. The van der Waals surface area contributed by atoms with Gasteiger partial charge in [-0.25, -0.2) is 0 Å². The largest absolute Gasteiger partial charge is 0.497 e. The van der Waals surface area contributed by atoms with Gasteiger partial charge in [-0.3, -0.25) is 4.79 Å². The summed E-state index contributed by atoms with van der Waals surface area (Å²) in [5, 5.41) is 2.93. The van der Waals surface area contributed by atoms with Crippen LogP contribution in [-0.4, -0.2) is 25.4 Å². The van der Waals surface area contributed by atoms with Crippen LogP contribution >= 0.6 is 11.8 Å². The van der Waals surface area contributed by atoms with Crippen molar-refractivity contribution in [2.24, 2.45) is 0 Å². The van der Waals surface area contributed by atoms with E-state index in [2.05, 4.69) is 5.32 Å². The molecular formula is C19H23NO3S. The number of carbonyl (C=O) groups is 1. The molecule has 24 heavy (non-hydrogen) atoms. The summed E-state index contributed by atoms with van der Waals surface area (Å²) in [5.74, 6) is 2.89. The van der Waals surface area contributed by atoms with Gasteiger partial charge in [0.1, 0.15) is 11.5 Å². The molecule has 0 spiro atoms. The molecule has 5 heteroatoms. The Morgan fingerprint density at radius 1 is 1.17 bits per heavy atom. The second kappa shape index (κ2) is 9.88. The van der Waals surface area contributed by atoms with E-state index in [1.165, 1.54) is 0 Å². The van der Waals surface area contributed by atoms with Crippen LogP contribution in [0.15, 0.2) is 48.5 Å². The second-order valence-corrected chi connectivity index (χ2v) is 6.15. The van der Waals surface area contributed by atoms with Crippen molar-refractivity contribution in [1.82, 2.24) is 5.32 Å². The number of methoxy groups -OCH3 is 1. The van der Waals surface area contributed by atoms with Crippen molar-refractivity contribution in [3.05, 3.63) is 59.7 Å². The zero-order chi connectivity index (χ0) is 17.2. The molecule has 0 aliphatic carbocycles. The predicted molar refractivity (Wildman–Crippen MR) is 98.6 cm³/mol. The number of hydrogen-bond donors (Lipinski definition) is 1. The van der Waals surface area contributed by atoms with Crippen molar-refractivity contribution in [2.75, 3.05) is 19.5 Å². The molecule has 0 aromatic heterocycles. The van der Waals surface area contributed by atoms with Crippen LogP contribution in [0.5, 0.6) is 11.5 Å². The van der Waals surface area contributed by atoms with E-state index >= 15 is 0 Å². The van der Waals surface area contributed by atoms with Gasteiger partial charge in [0.2, 0.25) is 5.91 Å². The second-order valence-electron chi connectivity index (χ2n) is 5.16. The van der Waals surface area contributed by atoms with E-state index in [-0.39, 0.29) is 5.91 Å². The molecule has 1 N–H and O–H groups in total. The van der Waals surface area contributed by atoms with Crippen LogP contribution in [0.4, 0.5) is 0 Å². The number of nitrogens with one attached hydrogen (secondary N) is 1. The summed E-state index contributed by atoms with van der Waals surface area (Å²) in [6, 6.07) is 15.6. The highest BCUT2D eigenvalue weighted by Gasteiger charge is 2.06. The topological polar surface area (TPSA) is 47.6 Å². The van der Waals surface area contributed by atoms with E-state index in [0.717, 1.165) is 28.4 Å². The van der Waals surface area contributed by atoms with Crippen molar-refractivity contribution in [3.8, 4) is 11.5 Å². The quantitative estimate of drug-likeness (QED) is 0.754. The number of benzene rings is 2. The summed E-state index contributed by atoms with van der Waals surface area (Å²) < 4.78 is 10.8. The maximum absolute atomic E-state index is 12.0. The molecule has 0 radical (unpaired) electrons. The van der Waals surface area contributed by atoms with Crippen LogP contribution in [0.25, 0.3) is 0 Å². The van der Waals surface area contributed by atoms with Crippen LogP contribution in [0.2, 0.25) is 0 Å². The molecule has 1 amide bonds. The number of hydrogen-bond acceptors (Lipinski definition) is 4. The molecule has 0 unspecified atom stereocenters. The SMILES string of the molecule is CCOc1ccccc1CSCC(=O)NCc1cccc(OC)c1. The molecule has 0 aliphatic heterocycles. The van der Waals surface area contributed by atoms with Crippen molar-refractivity contribution in [2.45, 2.75) is 19.2 Å². The fraction of sp³-hybridized carbons (Fsp3) is 0.316. The average molecular weight is 345 g/mol. The van der Waals surface area contributed by atoms with Crippen LogP contribution < -0.4 is 14.8 Å². The normalized spacial score (nSPS) is 10.2. The highest BCUT2D eigenvalue weighted by Crippen LogP contribution is 2.23. The highest BCUT2D eigenvalue weighted by atomic mass is 32.2. The molecule has 2 rings (SSSR count). The molecule has 0 saturated heterocycles. The number of para-hydroxylation sites is 1. The van der Waals surface area contributed by atoms with Gasteiger partial charge in [-0.2, -0.15) is 0 Å². The summed E-state index contributed by atoms with van der Waals surface area (Å²) >= 11 is 1.58. The van der Waals surface area contributed by atoms with Gasteiger partial charge in [-0.1, -0.05) is 30.3 Å². The van der Waals surface area contributed by atoms with Gasteiger partial charge in [0.25, 0.3) is 0 Å². The lowest BCUT2D eigenvalue weighted by molar-refractivity contribution is -0.118. The molecule has 2 aromatic carbocycles. The third kappa shape index (κ3) is 5.81. The maximum Gasteiger partial charge on any atom is 0.230 e. The van der Waals surface area contributed by atoms with Crippen LogP contribution in [0, 0.1) is 0 Å². The Morgan fingerprint density at radius 3 is 2.79 bits per heavy atom. The van der Waals surface area contributed by atoms with Gasteiger partial charge in [0, 0.05) is 17.9 Å². The number of ether oxygens (including phenoxy) is 2. The first-order valence-corrected chi connectivity index (χ1v) is 9.06. The summed E-state index contributed by atoms with van der Waals surface area (Å²) in [4.78, 5) is 12.0. The van der Waals surface area contributed by atoms with E-state index in [1.807, 2.05) is 55.5 Å². The first kappa shape index (κ1) is 18.2. The zero-order valence-electron chi connectivity index (χ0n) is 14.1. The lowest BCUT2D eigenvalue weighted by atomic mass is 10.2. The smallest absolute Gasteiger partial charge is 0.230 e. The Kier molecular flexibility index (Phi) is 7.49. The zero-order valence-corrected chi connectivity index (χ0v) is 14.9. The van der Waals surface area contributed by atoms with Gasteiger partial charge >= 0.3 is 0 Å². The Morgan fingerprint density at radius 2 is 2.00 bits per heavy atom. The molecule has 0 fully saturated rings. The van der Waals surface area contributed by atoms with Gasteiger partial charge in [-0.05, 0) is 30.7 Å². The van der Waals surface area contributed by atoms with Crippen LogP contribution in [0.1, 0.15) is 18.1 Å². The van der Waals surface area contributed by atoms with E-state index in [4.69, 9.17) is 9.47 Å². The Labute approximate surface area is 147 Å². The van der Waals surface area contributed by atoms with E-state index < -0.39 is 0 Å². The van der Waals surface area contributed by atoms with E-state index in [9.17, 15) is 4.79 Å². The maximum atomic E-state index is 12.0. The molecular weight excluding hydrogens is 322 g/mol. The van der Waals surface area contributed by atoms with Crippen molar-refractivity contribution >= 4 is 17.7 Å². The van der Waals surface area contributed by atoms with Crippen LogP contribution in [-0.2, 0) is 17.1 Å². The van der Waals surface area contributed by atoms with Crippen molar-refractivity contribution < 1.29 is 14.3 Å². The molecule has 2 aromatic rings. The molecule has 4 nitrogen and oxygen atoms in total. The average Bonchev–Trinajstić information content (AvgIpc) is 2.62. The molecule has 0 aliphatic rings. The molecule has 0 heterocycles. The number of carbonyl (C=O) groups excluding carboxylic acids is 1. The first-order chi connectivity index (χ1) is 11.7. The fourth-order valence-electron chi connectivity index (χ4n) is 2.21. The van der Waals surface area contributed by atoms with Gasteiger partial charge in [0.15, 0.2) is 0 Å². The van der Waals surface area contributed by atoms with Crippen molar-refractivity contribution in [3.63, 3.8) is 0 Å². The van der Waals surface area contributed by atoms with Gasteiger partial charge in [0.05, 0.1) is 19.5 Å². The number of amides is 1. The van der Waals surface area contributed by atoms with Gasteiger partial charge in [-0.15, -0.1) is 11.8 Å². The minimum Gasteiger partial charge on any atom is -0.497 e. The summed E-state index contributed by atoms with van der Waals surface area (Å²) in [7, 11) is 1.63. The monoisotopic (exact) mass is 345 g/mol. The lowest BCUT2D eigenvalue weighted by Crippen LogP contribution is -2.24. The molecule has 0 saturated carbocycles. The Bertz CT molecular complexity index is 661. The summed E-state index contributed by atoms with van der Waals surface area (Å²) in [6.45, 7) is 3.12. The standard InChI is InChI=1S/C19H23NO3S/c1-3-23-18-10-5-4-8-16(18)13-24-14-19(21)20-12-15-7-6-9-17(11-15)22-2/h4-11H,3,12-14H2,1-2H3,(H,20,21). The molecule has 0 bridgehead atoms. The summed E-state index contributed by atoms with van der Waals surface area (Å²) in [5.41, 5.74) is 2.14. The minimum absolute atomic E-state index is 0.0247. The molecule has 128 valence electrons. The Balaban J connectivity index is 1.75. The third-order valence-corrected chi connectivity index (χ3v) is 4.37. The van der Waals surface area contributed by atoms with Gasteiger partial charge < -0.3 is 14.8 Å². The number of rotatable bonds is 9. The highest BCUT2D eigenvalue weighted by molar-refractivity contribution is 7.99. The van der Waals surface area contributed by atoms with E-state index in [0.29, 0.717) is 18.9 Å². The fourth-order valence-corrected chi connectivity index (χ4v) is 3.06. The van der Waals surface area contributed by atoms with Crippen LogP contribution in [0.3, 0.4) is 0 Å². The van der Waals surface area contributed by atoms with Crippen molar-refractivity contribution in [1.29, 1.82) is 0 Å². The third-order valence-electron chi connectivity index (χ3n) is 3.39. The predicted octanol–water partition coefficient (Wildman–Crippen LogP) is 3.64. The summed E-state index contributed by atoms with van der Waals surface area (Å²) in [6.07, 6.45) is 0. The van der Waals surface area contributed by atoms with E-state index in [1.54, 1.807) is 18.9 Å². The lowest BCUT2D eigenvalue weighted by Gasteiger charge is -2.10. The first-order valence-electron chi connectivity index (χ1n) is 7.91. The minimum atomic E-state index is 0.0247. The Hall–Kier alpha value is -2.14.